The van der Waals surface area contributed by atoms with Gasteiger partial charge in [0.05, 0.1) is 6.54 Å². The lowest BCUT2D eigenvalue weighted by Crippen LogP contribution is -2.20. The highest BCUT2D eigenvalue weighted by atomic mass is 15.3. The molecule has 0 unspecified atom stereocenters. The molecule has 0 saturated carbocycles. The van der Waals surface area contributed by atoms with E-state index in [2.05, 4.69) is 53.6 Å². The summed E-state index contributed by atoms with van der Waals surface area (Å²) in [4.78, 5) is 0. The standard InChI is InChI=1S/C13H18N4/c1-10-4-6-12(7-5-10)11(2)14-8-13-16-15-9-17(13)3/h4-7,9,11,14H,8H2,1-3H3/t11-/m0/s1. The van der Waals surface area contributed by atoms with Gasteiger partial charge in [-0.25, -0.2) is 0 Å². The third-order valence-electron chi connectivity index (χ3n) is 2.95. The molecule has 0 bridgehead atoms. The molecule has 2 aromatic rings. The van der Waals surface area contributed by atoms with Gasteiger partial charge < -0.3 is 9.88 Å². The Bertz CT molecular complexity index is 472. The Morgan fingerprint density at radius 1 is 1.29 bits per heavy atom. The van der Waals surface area contributed by atoms with E-state index < -0.39 is 0 Å². The fourth-order valence-electron chi connectivity index (χ4n) is 1.68. The average Bonchev–Trinajstić information content (AvgIpc) is 2.73. The Balaban J connectivity index is 1.95. The lowest BCUT2D eigenvalue weighted by molar-refractivity contribution is 0.548. The minimum atomic E-state index is 0.312. The van der Waals surface area contributed by atoms with Crippen molar-refractivity contribution in [2.24, 2.45) is 7.05 Å². The number of nitrogens with zero attached hydrogens (tertiary/aromatic N) is 3. The van der Waals surface area contributed by atoms with E-state index in [9.17, 15) is 0 Å². The van der Waals surface area contributed by atoms with E-state index in [1.165, 1.54) is 11.1 Å². The summed E-state index contributed by atoms with van der Waals surface area (Å²) in [5.41, 5.74) is 2.58. The molecule has 1 N–H and O–H groups in total. The van der Waals surface area contributed by atoms with Crippen LogP contribution in [-0.2, 0) is 13.6 Å². The zero-order chi connectivity index (χ0) is 12.3. The van der Waals surface area contributed by atoms with Gasteiger partial charge in [-0.15, -0.1) is 10.2 Å². The van der Waals surface area contributed by atoms with E-state index in [4.69, 9.17) is 0 Å². The van der Waals surface area contributed by atoms with Crippen molar-refractivity contribution in [3.63, 3.8) is 0 Å². The first-order valence-corrected chi connectivity index (χ1v) is 5.79. The van der Waals surface area contributed by atoms with Gasteiger partial charge in [0.25, 0.3) is 0 Å². The Morgan fingerprint density at radius 2 is 2.00 bits per heavy atom. The van der Waals surface area contributed by atoms with Crippen LogP contribution in [0, 0.1) is 6.92 Å². The van der Waals surface area contributed by atoms with Crippen LogP contribution in [0.4, 0.5) is 0 Å². The van der Waals surface area contributed by atoms with E-state index >= 15 is 0 Å². The minimum Gasteiger partial charge on any atom is -0.320 e. The van der Waals surface area contributed by atoms with Crippen LogP contribution in [0.15, 0.2) is 30.6 Å². The number of rotatable bonds is 4. The molecule has 0 saturated heterocycles. The number of hydrogen-bond donors (Lipinski definition) is 1. The molecule has 1 heterocycles. The van der Waals surface area contributed by atoms with Gasteiger partial charge in [-0.2, -0.15) is 0 Å². The van der Waals surface area contributed by atoms with Crippen molar-refractivity contribution in [3.8, 4) is 0 Å². The van der Waals surface area contributed by atoms with Crippen LogP contribution in [0.25, 0.3) is 0 Å². The second-order valence-electron chi connectivity index (χ2n) is 4.37. The SMILES string of the molecule is Cc1ccc([C@H](C)NCc2nncn2C)cc1. The molecule has 0 radical (unpaired) electrons. The van der Waals surface area contributed by atoms with E-state index in [0.29, 0.717) is 6.04 Å². The van der Waals surface area contributed by atoms with Crippen LogP contribution >= 0.6 is 0 Å². The number of benzene rings is 1. The van der Waals surface area contributed by atoms with Crippen LogP contribution in [0.3, 0.4) is 0 Å². The summed E-state index contributed by atoms with van der Waals surface area (Å²) in [6, 6.07) is 8.89. The molecule has 0 aliphatic rings. The molecule has 0 fully saturated rings. The Kier molecular flexibility index (Phi) is 3.54. The molecule has 0 aliphatic carbocycles. The largest absolute Gasteiger partial charge is 0.320 e. The van der Waals surface area contributed by atoms with E-state index in [-0.39, 0.29) is 0 Å². The molecular weight excluding hydrogens is 212 g/mol. The summed E-state index contributed by atoms with van der Waals surface area (Å²) in [7, 11) is 1.95. The molecule has 1 atom stereocenters. The quantitative estimate of drug-likeness (QED) is 0.873. The van der Waals surface area contributed by atoms with Gasteiger partial charge >= 0.3 is 0 Å². The summed E-state index contributed by atoms with van der Waals surface area (Å²) < 4.78 is 1.93. The molecule has 1 aromatic heterocycles. The molecule has 90 valence electrons. The van der Waals surface area contributed by atoms with Crippen LogP contribution in [0.5, 0.6) is 0 Å². The maximum Gasteiger partial charge on any atom is 0.146 e. The van der Waals surface area contributed by atoms with Crippen LogP contribution in [-0.4, -0.2) is 14.8 Å². The number of nitrogens with one attached hydrogen (secondary N) is 1. The second kappa shape index (κ2) is 5.10. The van der Waals surface area contributed by atoms with E-state index in [1.807, 2.05) is 11.6 Å². The fraction of sp³-hybridized carbons (Fsp3) is 0.385. The summed E-state index contributed by atoms with van der Waals surface area (Å²) in [6.07, 6.45) is 1.72. The van der Waals surface area contributed by atoms with E-state index in [1.54, 1.807) is 6.33 Å². The van der Waals surface area contributed by atoms with Crippen molar-refractivity contribution in [1.29, 1.82) is 0 Å². The molecule has 1 aromatic carbocycles. The zero-order valence-electron chi connectivity index (χ0n) is 10.5. The maximum absolute atomic E-state index is 4.05. The first kappa shape index (κ1) is 11.8. The van der Waals surface area contributed by atoms with Gasteiger partial charge in [-0.1, -0.05) is 29.8 Å². The van der Waals surface area contributed by atoms with Gasteiger partial charge in [0.15, 0.2) is 0 Å². The third-order valence-corrected chi connectivity index (χ3v) is 2.95. The molecule has 0 aliphatic heterocycles. The lowest BCUT2D eigenvalue weighted by atomic mass is 10.1. The van der Waals surface area contributed by atoms with Gasteiger partial charge in [-0.05, 0) is 19.4 Å². The van der Waals surface area contributed by atoms with Crippen molar-refractivity contribution in [2.45, 2.75) is 26.4 Å². The molecule has 0 spiro atoms. The first-order chi connectivity index (χ1) is 8.16. The highest BCUT2D eigenvalue weighted by Crippen LogP contribution is 2.13. The van der Waals surface area contributed by atoms with Gasteiger partial charge in [0.1, 0.15) is 12.2 Å². The third kappa shape index (κ3) is 2.91. The topological polar surface area (TPSA) is 42.7 Å². The van der Waals surface area contributed by atoms with Crippen molar-refractivity contribution in [2.75, 3.05) is 0 Å². The fourth-order valence-corrected chi connectivity index (χ4v) is 1.68. The maximum atomic E-state index is 4.05. The number of aromatic nitrogens is 3. The number of aryl methyl sites for hydroxylation is 2. The Morgan fingerprint density at radius 3 is 2.59 bits per heavy atom. The van der Waals surface area contributed by atoms with Crippen LogP contribution < -0.4 is 5.32 Å². The lowest BCUT2D eigenvalue weighted by Gasteiger charge is -2.14. The average molecular weight is 230 g/mol. The van der Waals surface area contributed by atoms with Crippen LogP contribution in [0.1, 0.15) is 29.9 Å². The molecular formula is C13H18N4. The van der Waals surface area contributed by atoms with Crippen molar-refractivity contribution < 1.29 is 0 Å². The first-order valence-electron chi connectivity index (χ1n) is 5.79. The molecule has 4 heteroatoms. The number of hydrogen-bond acceptors (Lipinski definition) is 3. The highest BCUT2D eigenvalue weighted by Gasteiger charge is 2.06. The van der Waals surface area contributed by atoms with E-state index in [0.717, 1.165) is 12.4 Å². The second-order valence-corrected chi connectivity index (χ2v) is 4.37. The highest BCUT2D eigenvalue weighted by molar-refractivity contribution is 5.23. The van der Waals surface area contributed by atoms with Crippen molar-refractivity contribution in [1.82, 2.24) is 20.1 Å². The smallest absolute Gasteiger partial charge is 0.146 e. The normalized spacial score (nSPS) is 12.6. The summed E-state index contributed by atoms with van der Waals surface area (Å²) in [5.74, 6) is 0.948. The summed E-state index contributed by atoms with van der Waals surface area (Å²) >= 11 is 0. The Labute approximate surface area is 102 Å². The van der Waals surface area contributed by atoms with Gasteiger partial charge in [-0.3, -0.25) is 0 Å². The Hall–Kier alpha value is -1.68. The summed E-state index contributed by atoms with van der Waals surface area (Å²) in [5, 5.41) is 11.3. The molecule has 4 nitrogen and oxygen atoms in total. The molecule has 0 amide bonds. The van der Waals surface area contributed by atoms with Gasteiger partial charge in [0.2, 0.25) is 0 Å². The van der Waals surface area contributed by atoms with Gasteiger partial charge in [0, 0.05) is 13.1 Å². The predicted octanol–water partition coefficient (Wildman–Crippen LogP) is 1.97. The van der Waals surface area contributed by atoms with Crippen molar-refractivity contribution in [3.05, 3.63) is 47.5 Å². The van der Waals surface area contributed by atoms with Crippen LogP contribution in [0.2, 0.25) is 0 Å². The predicted molar refractivity (Wildman–Crippen MR) is 67.4 cm³/mol. The molecule has 17 heavy (non-hydrogen) atoms. The zero-order valence-corrected chi connectivity index (χ0v) is 10.5. The summed E-state index contributed by atoms with van der Waals surface area (Å²) in [6.45, 7) is 4.98. The minimum absolute atomic E-state index is 0.312. The van der Waals surface area contributed by atoms with Crippen molar-refractivity contribution >= 4 is 0 Å². The molecule has 2 rings (SSSR count). The monoisotopic (exact) mass is 230 g/mol.